The molecule has 0 fully saturated rings. The van der Waals surface area contributed by atoms with Crippen LogP contribution in [0, 0.1) is 6.92 Å². The molecule has 0 atom stereocenters. The van der Waals surface area contributed by atoms with E-state index in [9.17, 15) is 4.79 Å². The summed E-state index contributed by atoms with van der Waals surface area (Å²) in [4.78, 5) is 14.2. The number of aryl methyl sites for hydroxylation is 1. The number of nitrogens with zero attached hydrogens (tertiary/aromatic N) is 1. The van der Waals surface area contributed by atoms with E-state index in [0.29, 0.717) is 6.54 Å². The topological polar surface area (TPSA) is 32.3 Å². The van der Waals surface area contributed by atoms with Crippen LogP contribution in [0.2, 0.25) is 0 Å². The van der Waals surface area contributed by atoms with Crippen LogP contribution in [0.3, 0.4) is 0 Å². The van der Waals surface area contributed by atoms with Crippen molar-refractivity contribution in [1.29, 1.82) is 0 Å². The van der Waals surface area contributed by atoms with E-state index in [1.54, 1.807) is 0 Å². The van der Waals surface area contributed by atoms with E-state index in [1.807, 2.05) is 32.3 Å². The maximum absolute atomic E-state index is 12.1. The molecule has 110 valence electrons. The summed E-state index contributed by atoms with van der Waals surface area (Å²) in [5.41, 5.74) is 4.32. The van der Waals surface area contributed by atoms with Crippen molar-refractivity contribution in [3.8, 4) is 0 Å². The molecular weight excluding hydrogens is 248 g/mol. The first-order chi connectivity index (χ1) is 9.45. The summed E-state index contributed by atoms with van der Waals surface area (Å²) in [6, 6.07) is 5.90. The largest absolute Gasteiger partial charge is 0.351 e. The minimum Gasteiger partial charge on any atom is -0.351 e. The molecule has 0 radical (unpaired) electrons. The molecule has 0 heterocycles. The number of carbonyl (C=O) groups is 1. The third kappa shape index (κ3) is 4.82. The predicted octanol–water partition coefficient (Wildman–Crippen LogP) is 3.10. The minimum atomic E-state index is -0.00241. The molecule has 0 bridgehead atoms. The van der Waals surface area contributed by atoms with Gasteiger partial charge < -0.3 is 10.2 Å². The van der Waals surface area contributed by atoms with Crippen LogP contribution in [-0.2, 0) is 0 Å². The summed E-state index contributed by atoms with van der Waals surface area (Å²) in [5, 5.41) is 2.95. The lowest BCUT2D eigenvalue weighted by Gasteiger charge is -2.12. The summed E-state index contributed by atoms with van der Waals surface area (Å²) in [6.07, 6.45) is 3.20. The molecule has 3 heteroatoms. The number of carbonyl (C=O) groups excluding carboxylic acids is 1. The van der Waals surface area contributed by atoms with Crippen LogP contribution < -0.4 is 5.32 Å². The predicted molar refractivity (Wildman–Crippen MR) is 86.0 cm³/mol. The molecule has 1 aromatic carbocycles. The highest BCUT2D eigenvalue weighted by atomic mass is 16.1. The highest BCUT2D eigenvalue weighted by Gasteiger charge is 2.08. The molecule has 0 aliphatic rings. The molecule has 0 aliphatic heterocycles. The Morgan fingerprint density at radius 1 is 1.35 bits per heavy atom. The Labute approximate surface area is 122 Å². The van der Waals surface area contributed by atoms with Crippen molar-refractivity contribution in [1.82, 2.24) is 10.2 Å². The molecule has 1 amide bonds. The molecule has 1 N–H and O–H groups in total. The van der Waals surface area contributed by atoms with Gasteiger partial charge in [-0.3, -0.25) is 4.79 Å². The molecule has 0 saturated heterocycles. The van der Waals surface area contributed by atoms with Crippen molar-refractivity contribution in [2.75, 3.05) is 27.2 Å². The molecule has 0 aromatic heterocycles. The van der Waals surface area contributed by atoms with Crippen LogP contribution in [-0.4, -0.2) is 38.0 Å². The van der Waals surface area contributed by atoms with Crippen molar-refractivity contribution >= 4 is 11.5 Å². The van der Waals surface area contributed by atoms with Gasteiger partial charge in [0.15, 0.2) is 0 Å². The summed E-state index contributed by atoms with van der Waals surface area (Å²) >= 11 is 0. The number of allylic oxidation sites excluding steroid dienone is 2. The van der Waals surface area contributed by atoms with E-state index in [1.165, 1.54) is 11.1 Å². The number of rotatable bonds is 6. The Bertz CT molecular complexity index is 490. The van der Waals surface area contributed by atoms with E-state index >= 15 is 0 Å². The molecule has 0 spiro atoms. The summed E-state index contributed by atoms with van der Waals surface area (Å²) in [6.45, 7) is 7.81. The van der Waals surface area contributed by atoms with Crippen molar-refractivity contribution in [3.63, 3.8) is 0 Å². The van der Waals surface area contributed by atoms with Crippen LogP contribution in [0.25, 0.3) is 5.57 Å². The second-order valence-corrected chi connectivity index (χ2v) is 5.38. The fraction of sp³-hybridized carbons (Fsp3) is 0.471. The van der Waals surface area contributed by atoms with Gasteiger partial charge in [0.25, 0.3) is 5.91 Å². The van der Waals surface area contributed by atoms with Gasteiger partial charge in [0.2, 0.25) is 0 Å². The Balaban J connectivity index is 2.84. The number of benzene rings is 1. The zero-order valence-corrected chi connectivity index (χ0v) is 13.3. The average Bonchev–Trinajstić information content (AvgIpc) is 2.38. The lowest BCUT2D eigenvalue weighted by Crippen LogP contribution is -2.31. The fourth-order valence-corrected chi connectivity index (χ4v) is 2.10. The molecule has 3 nitrogen and oxygen atoms in total. The second-order valence-electron chi connectivity index (χ2n) is 5.38. The highest BCUT2D eigenvalue weighted by molar-refractivity contribution is 5.95. The number of hydrogen-bond donors (Lipinski definition) is 1. The van der Waals surface area contributed by atoms with Crippen molar-refractivity contribution in [2.24, 2.45) is 0 Å². The molecule has 0 unspecified atom stereocenters. The number of amides is 1. The number of nitrogens with one attached hydrogen (secondary N) is 1. The van der Waals surface area contributed by atoms with Gasteiger partial charge in [0.1, 0.15) is 0 Å². The zero-order valence-electron chi connectivity index (χ0n) is 13.3. The van der Waals surface area contributed by atoms with E-state index in [-0.39, 0.29) is 5.91 Å². The Morgan fingerprint density at radius 2 is 2.05 bits per heavy atom. The van der Waals surface area contributed by atoms with Gasteiger partial charge in [-0.2, -0.15) is 0 Å². The van der Waals surface area contributed by atoms with Gasteiger partial charge >= 0.3 is 0 Å². The third-order valence-corrected chi connectivity index (χ3v) is 3.28. The van der Waals surface area contributed by atoms with Crippen molar-refractivity contribution in [2.45, 2.75) is 27.2 Å². The van der Waals surface area contributed by atoms with E-state index in [0.717, 1.165) is 24.1 Å². The molecule has 1 aromatic rings. The van der Waals surface area contributed by atoms with E-state index < -0.39 is 0 Å². The summed E-state index contributed by atoms with van der Waals surface area (Å²) in [7, 11) is 3.99. The molecule has 1 rings (SSSR count). The van der Waals surface area contributed by atoms with Crippen molar-refractivity contribution < 1.29 is 4.79 Å². The molecular formula is C17H26N2O. The quantitative estimate of drug-likeness (QED) is 0.864. The van der Waals surface area contributed by atoms with Gasteiger partial charge in [0, 0.05) is 18.7 Å². The monoisotopic (exact) mass is 274 g/mol. The van der Waals surface area contributed by atoms with Crippen LogP contribution in [0.15, 0.2) is 24.3 Å². The Hall–Kier alpha value is -1.61. The van der Waals surface area contributed by atoms with Crippen LogP contribution in [0.1, 0.15) is 41.8 Å². The normalized spacial score (nSPS) is 11.8. The first-order valence-electron chi connectivity index (χ1n) is 7.16. The highest BCUT2D eigenvalue weighted by Crippen LogP contribution is 2.20. The maximum Gasteiger partial charge on any atom is 0.251 e. The second kappa shape index (κ2) is 7.85. The van der Waals surface area contributed by atoms with Gasteiger partial charge in [0.05, 0.1) is 0 Å². The minimum absolute atomic E-state index is 0.00241. The lowest BCUT2D eigenvalue weighted by molar-refractivity contribution is 0.0951. The van der Waals surface area contributed by atoms with Gasteiger partial charge in [-0.25, -0.2) is 0 Å². The van der Waals surface area contributed by atoms with Gasteiger partial charge in [-0.1, -0.05) is 19.1 Å². The number of likely N-dealkylation sites (N-methyl/N-ethyl adjacent to an activating group) is 1. The summed E-state index contributed by atoms with van der Waals surface area (Å²) in [5.74, 6) is -0.00241. The standard InChI is InChI=1S/C17H26N2O/c1-6-7-13(2)16-12-15(9-8-14(16)3)17(20)18-10-11-19(4)5/h7-9,12H,6,10-11H2,1-5H3,(H,18,20)/b13-7+. The SMILES string of the molecule is CC/C=C(\C)c1cc(C(=O)NCCN(C)C)ccc1C. The van der Waals surface area contributed by atoms with Crippen LogP contribution >= 0.6 is 0 Å². The zero-order chi connectivity index (χ0) is 15.1. The fourth-order valence-electron chi connectivity index (χ4n) is 2.10. The van der Waals surface area contributed by atoms with Gasteiger partial charge in [-0.05, 0) is 63.2 Å². The lowest BCUT2D eigenvalue weighted by atomic mass is 9.98. The molecule has 0 aliphatic carbocycles. The first-order valence-corrected chi connectivity index (χ1v) is 7.16. The molecule has 0 saturated carbocycles. The van der Waals surface area contributed by atoms with E-state index in [2.05, 4.69) is 37.1 Å². The van der Waals surface area contributed by atoms with Gasteiger partial charge in [-0.15, -0.1) is 0 Å². The maximum atomic E-state index is 12.1. The first kappa shape index (κ1) is 16.4. The van der Waals surface area contributed by atoms with Crippen LogP contribution in [0.5, 0.6) is 0 Å². The van der Waals surface area contributed by atoms with Crippen molar-refractivity contribution in [3.05, 3.63) is 41.0 Å². The van der Waals surface area contributed by atoms with E-state index in [4.69, 9.17) is 0 Å². The Kier molecular flexibility index (Phi) is 6.46. The average molecular weight is 274 g/mol. The number of hydrogen-bond acceptors (Lipinski definition) is 2. The van der Waals surface area contributed by atoms with Crippen LogP contribution in [0.4, 0.5) is 0 Å². The third-order valence-electron chi connectivity index (χ3n) is 3.28. The smallest absolute Gasteiger partial charge is 0.251 e. The molecule has 20 heavy (non-hydrogen) atoms. The Morgan fingerprint density at radius 3 is 2.65 bits per heavy atom. The summed E-state index contributed by atoms with van der Waals surface area (Å²) < 4.78 is 0.